The fraction of sp³-hybridized carbons (Fsp3) is 0. The second-order valence-electron chi connectivity index (χ2n) is 12.1. The van der Waals surface area contributed by atoms with Gasteiger partial charge in [0.2, 0.25) is 0 Å². The van der Waals surface area contributed by atoms with Crippen LogP contribution in [0.3, 0.4) is 0 Å². The molecule has 0 atom stereocenters. The van der Waals surface area contributed by atoms with Crippen LogP contribution in [0.15, 0.2) is 182 Å². The number of hydrogen-bond acceptors (Lipinski definition) is 9. The molecule has 15 heteroatoms. The van der Waals surface area contributed by atoms with Gasteiger partial charge in [-0.2, -0.15) is 0 Å². The Morgan fingerprint density at radius 3 is 0.451 bits per heavy atom. The predicted octanol–water partition coefficient (Wildman–Crippen LogP) is 5.99. The average molecular weight is 1060 g/mol. The molecule has 6 bridgehead atoms. The van der Waals surface area contributed by atoms with Crippen molar-refractivity contribution in [3.8, 4) is 0 Å². The molecule has 15 rings (SSSR count). The van der Waals surface area contributed by atoms with E-state index in [0.717, 1.165) is 31.8 Å². The van der Waals surface area contributed by atoms with Crippen molar-refractivity contribution in [2.45, 2.75) is 0 Å². The first-order valence-electron chi connectivity index (χ1n) is 16.1. The Kier molecular flexibility index (Phi) is 8.29. The normalized spacial score (nSPS) is 26.0. The van der Waals surface area contributed by atoms with E-state index in [2.05, 4.69) is 0 Å². The molecule has 0 aliphatic carbocycles. The maximum absolute atomic E-state index is 6.04. The summed E-state index contributed by atoms with van der Waals surface area (Å²) in [5, 5.41) is 6.23. The zero-order valence-electron chi connectivity index (χ0n) is 26.7. The molecule has 6 aromatic carbocycles. The summed E-state index contributed by atoms with van der Waals surface area (Å²) in [7, 11) is -9.16. The fourth-order valence-electron chi connectivity index (χ4n) is 6.55. The van der Waals surface area contributed by atoms with E-state index in [-0.39, 0.29) is 0 Å². The molecule has 0 unspecified atom stereocenters. The Morgan fingerprint density at radius 2 is 0.353 bits per heavy atom. The summed E-state index contributed by atoms with van der Waals surface area (Å²) >= 11 is -6.45. The molecule has 9 aliphatic heterocycles. The van der Waals surface area contributed by atoms with Crippen LogP contribution in [0, 0.1) is 0 Å². The van der Waals surface area contributed by atoms with Crippen molar-refractivity contribution in [3.63, 3.8) is 0 Å². The first-order valence-corrected chi connectivity index (χ1v) is 31.4. The van der Waals surface area contributed by atoms with Crippen molar-refractivity contribution in [3.05, 3.63) is 182 Å². The van der Waals surface area contributed by atoms with Crippen LogP contribution in [0.1, 0.15) is 0 Å². The first kappa shape index (κ1) is 34.2. The summed E-state index contributed by atoms with van der Waals surface area (Å²) in [5.74, 6) is 0. The maximum atomic E-state index is 6.04. The summed E-state index contributed by atoms with van der Waals surface area (Å²) in [6.45, 7) is 0. The van der Waals surface area contributed by atoms with Crippen LogP contribution in [-0.2, 0) is 25.2 Å². The van der Waals surface area contributed by atoms with Crippen molar-refractivity contribution in [2.75, 3.05) is 0 Å². The molecule has 0 aromatic heterocycles. The standard InChI is InChI=1S/3C12H10O3P.3Sb/c3*13-16(14,15,11-7-3-1-4-8-11)12-9-5-2-6-10-12;;;/h3*1-10H;;;/q3*-3;3*+3. The SMILES string of the molecule is c1ccc(P23(c4ccccc4)[O][Sb]([O]2)[O]3)cc1.c1ccc(P23(c4ccccc4)[O][Sb]([O]2)[O]3)cc1.c1ccc(P23(c4ccccc4)[O][Sb]([O]2)[O]3)cc1. The number of benzene rings is 6. The van der Waals surface area contributed by atoms with E-state index >= 15 is 0 Å². The molecule has 0 N–H and O–H groups in total. The van der Waals surface area contributed by atoms with E-state index in [9.17, 15) is 0 Å². The van der Waals surface area contributed by atoms with Gasteiger partial charge in [-0.05, 0) is 0 Å². The third-order valence-corrected chi connectivity index (χ3v) is 53.3. The van der Waals surface area contributed by atoms with Crippen molar-refractivity contribution < 1.29 is 25.2 Å². The molecular formula is C36H30O9P3Sb3. The zero-order chi connectivity index (χ0) is 34.1. The minimum atomic E-state index is -3.05. The van der Waals surface area contributed by atoms with Gasteiger partial charge in [0.25, 0.3) is 0 Å². The molecule has 0 radical (unpaired) electrons. The molecule has 0 saturated carbocycles. The van der Waals surface area contributed by atoms with E-state index < -0.39 is 86.3 Å². The summed E-state index contributed by atoms with van der Waals surface area (Å²) in [4.78, 5) is 0. The number of rotatable bonds is 6. The van der Waals surface area contributed by atoms with Crippen LogP contribution < -0.4 is 31.8 Å². The second kappa shape index (κ2) is 12.4. The van der Waals surface area contributed by atoms with Gasteiger partial charge in [0, 0.05) is 0 Å². The van der Waals surface area contributed by atoms with Crippen molar-refractivity contribution in [2.24, 2.45) is 0 Å². The molecule has 0 amide bonds. The molecule has 9 heterocycles. The predicted molar refractivity (Wildman–Crippen MR) is 204 cm³/mol. The molecule has 9 saturated heterocycles. The Labute approximate surface area is 322 Å². The molecule has 9 aliphatic rings. The van der Waals surface area contributed by atoms with Crippen molar-refractivity contribution in [1.82, 2.24) is 0 Å². The van der Waals surface area contributed by atoms with E-state index in [0.29, 0.717) is 0 Å². The third kappa shape index (κ3) is 4.80. The van der Waals surface area contributed by atoms with E-state index in [1.165, 1.54) is 0 Å². The van der Waals surface area contributed by atoms with Gasteiger partial charge in [-0.1, -0.05) is 0 Å². The Hall–Kier alpha value is -1.30. The molecule has 0 spiro atoms. The van der Waals surface area contributed by atoms with Crippen LogP contribution >= 0.6 is 21.9 Å². The van der Waals surface area contributed by atoms with Gasteiger partial charge in [-0.15, -0.1) is 0 Å². The Bertz CT molecular complexity index is 1790. The van der Waals surface area contributed by atoms with Crippen LogP contribution in [0.2, 0.25) is 0 Å². The topological polar surface area (TPSA) is 83.1 Å². The van der Waals surface area contributed by atoms with Gasteiger partial charge in [0.15, 0.2) is 0 Å². The summed E-state index contributed by atoms with van der Waals surface area (Å²) in [6, 6.07) is 60.2. The monoisotopic (exact) mass is 1060 g/mol. The average Bonchev–Trinajstić information content (AvgIpc) is 3.09. The van der Waals surface area contributed by atoms with Crippen LogP contribution in [0.5, 0.6) is 0 Å². The van der Waals surface area contributed by atoms with Crippen LogP contribution in [0.4, 0.5) is 0 Å². The van der Waals surface area contributed by atoms with Crippen molar-refractivity contribution in [1.29, 1.82) is 0 Å². The Balaban J connectivity index is 0.0000000963. The number of hydrogen-bond donors (Lipinski definition) is 0. The fourth-order valence-corrected chi connectivity index (χ4v) is 49.7. The van der Waals surface area contributed by atoms with Gasteiger partial charge >= 0.3 is 325 Å². The van der Waals surface area contributed by atoms with Crippen molar-refractivity contribution >= 4 is 118 Å². The van der Waals surface area contributed by atoms with E-state index in [1.807, 2.05) is 182 Å². The van der Waals surface area contributed by atoms with Crippen LogP contribution in [0.25, 0.3) is 0 Å². The molecule has 9 nitrogen and oxygen atoms in total. The Morgan fingerprint density at radius 1 is 0.216 bits per heavy atom. The van der Waals surface area contributed by atoms with Gasteiger partial charge in [-0.3, -0.25) is 0 Å². The first-order chi connectivity index (χ1) is 25.0. The van der Waals surface area contributed by atoms with Gasteiger partial charge in [0.1, 0.15) is 0 Å². The second-order valence-corrected chi connectivity index (χ2v) is 38.3. The quantitative estimate of drug-likeness (QED) is 0.148. The van der Waals surface area contributed by atoms with Crippen LogP contribution in [-0.4, -0.2) is 64.4 Å². The molecule has 258 valence electrons. The van der Waals surface area contributed by atoms with Gasteiger partial charge < -0.3 is 0 Å². The zero-order valence-corrected chi connectivity index (χ0v) is 37.0. The summed E-state index contributed by atoms with van der Waals surface area (Å²) < 4.78 is 54.4. The summed E-state index contributed by atoms with van der Waals surface area (Å²) in [6.07, 6.45) is 0. The van der Waals surface area contributed by atoms with Gasteiger partial charge in [-0.25, -0.2) is 0 Å². The van der Waals surface area contributed by atoms with E-state index in [4.69, 9.17) is 25.2 Å². The minimum absolute atomic E-state index is 1.04. The molecular weight excluding hydrogens is 1030 g/mol. The third-order valence-electron chi connectivity index (χ3n) is 9.14. The molecule has 9 fully saturated rings. The summed E-state index contributed by atoms with van der Waals surface area (Å²) in [5.41, 5.74) is 0. The van der Waals surface area contributed by atoms with E-state index in [1.54, 1.807) is 0 Å². The van der Waals surface area contributed by atoms with Gasteiger partial charge in [0.05, 0.1) is 0 Å². The molecule has 51 heavy (non-hydrogen) atoms. The molecule has 6 aromatic rings.